The first-order chi connectivity index (χ1) is 17.5. The van der Waals surface area contributed by atoms with Crippen molar-refractivity contribution in [1.82, 2.24) is 9.66 Å². The van der Waals surface area contributed by atoms with Gasteiger partial charge in [-0.25, -0.2) is 4.98 Å². The van der Waals surface area contributed by atoms with Crippen molar-refractivity contribution in [3.8, 4) is 22.9 Å². The van der Waals surface area contributed by atoms with Crippen LogP contribution in [0.15, 0.2) is 89.3 Å². The van der Waals surface area contributed by atoms with Crippen molar-refractivity contribution in [3.05, 3.63) is 101 Å². The van der Waals surface area contributed by atoms with Gasteiger partial charge in [-0.3, -0.25) is 4.79 Å². The van der Waals surface area contributed by atoms with Crippen LogP contribution in [0.5, 0.6) is 11.5 Å². The zero-order valence-electron chi connectivity index (χ0n) is 21.0. The molecule has 3 aromatic carbocycles. The highest BCUT2D eigenvalue weighted by atomic mass is 16.5. The largest absolute Gasteiger partial charge is 0.490 e. The summed E-state index contributed by atoms with van der Waals surface area (Å²) in [4.78, 5) is 18.2. The summed E-state index contributed by atoms with van der Waals surface area (Å²) in [5, 5.41) is 5.11. The molecule has 0 aliphatic carbocycles. The molecule has 0 unspecified atom stereocenters. The van der Waals surface area contributed by atoms with Crippen molar-refractivity contribution in [1.29, 1.82) is 0 Å². The van der Waals surface area contributed by atoms with Crippen LogP contribution in [0.3, 0.4) is 0 Å². The Morgan fingerprint density at radius 3 is 2.56 bits per heavy atom. The average molecular weight is 482 g/mol. The van der Waals surface area contributed by atoms with E-state index in [9.17, 15) is 4.79 Å². The minimum Gasteiger partial charge on any atom is -0.490 e. The fourth-order valence-electron chi connectivity index (χ4n) is 3.88. The number of nitrogens with zero attached hydrogens (tertiary/aromatic N) is 3. The van der Waals surface area contributed by atoms with E-state index in [0.717, 1.165) is 28.9 Å². The monoisotopic (exact) mass is 481 g/mol. The molecule has 1 aromatic heterocycles. The van der Waals surface area contributed by atoms with Crippen molar-refractivity contribution in [2.75, 3.05) is 6.61 Å². The van der Waals surface area contributed by atoms with Crippen molar-refractivity contribution in [2.45, 2.75) is 39.7 Å². The van der Waals surface area contributed by atoms with Crippen LogP contribution >= 0.6 is 0 Å². The number of ether oxygens (including phenoxy) is 2. The number of hydrogen-bond donors (Lipinski definition) is 0. The minimum absolute atomic E-state index is 0.0444. The summed E-state index contributed by atoms with van der Waals surface area (Å²) in [6, 6.07) is 20.8. The van der Waals surface area contributed by atoms with Crippen molar-refractivity contribution < 1.29 is 9.47 Å². The first-order valence-electron chi connectivity index (χ1n) is 12.2. The average Bonchev–Trinajstić information content (AvgIpc) is 2.90. The number of hydrogen-bond acceptors (Lipinski definition) is 5. The molecule has 36 heavy (non-hydrogen) atoms. The zero-order valence-corrected chi connectivity index (χ0v) is 21.0. The number of fused-ring (bicyclic) bond motifs is 1. The lowest BCUT2D eigenvalue weighted by molar-refractivity contribution is 0.201. The Kier molecular flexibility index (Phi) is 7.95. The smallest absolute Gasteiger partial charge is 0.282 e. The number of aromatic nitrogens is 2. The number of para-hydroxylation sites is 1. The summed E-state index contributed by atoms with van der Waals surface area (Å²) in [7, 11) is 0. The molecule has 0 bridgehead atoms. The van der Waals surface area contributed by atoms with E-state index in [1.165, 1.54) is 4.68 Å². The molecule has 0 aliphatic heterocycles. The van der Waals surface area contributed by atoms with E-state index < -0.39 is 0 Å². The molecule has 0 saturated heterocycles. The third-order valence-corrected chi connectivity index (χ3v) is 5.82. The van der Waals surface area contributed by atoms with Crippen LogP contribution < -0.4 is 15.0 Å². The molecule has 0 radical (unpaired) electrons. The van der Waals surface area contributed by atoms with Crippen LogP contribution in [0.25, 0.3) is 22.3 Å². The zero-order chi connectivity index (χ0) is 25.5. The van der Waals surface area contributed by atoms with Gasteiger partial charge in [-0.15, -0.1) is 6.58 Å². The van der Waals surface area contributed by atoms with E-state index in [0.29, 0.717) is 35.5 Å². The second kappa shape index (κ2) is 11.5. The Morgan fingerprint density at radius 2 is 1.83 bits per heavy atom. The first-order valence-corrected chi connectivity index (χ1v) is 12.2. The van der Waals surface area contributed by atoms with E-state index in [4.69, 9.17) is 14.5 Å². The third-order valence-electron chi connectivity index (χ3n) is 5.82. The Hall–Kier alpha value is -4.19. The van der Waals surface area contributed by atoms with Crippen molar-refractivity contribution >= 4 is 17.1 Å². The van der Waals surface area contributed by atoms with Gasteiger partial charge in [0.1, 0.15) is 0 Å². The topological polar surface area (TPSA) is 65.7 Å². The van der Waals surface area contributed by atoms with Crippen LogP contribution in [0.4, 0.5) is 0 Å². The normalized spacial score (nSPS) is 12.1. The highest BCUT2D eigenvalue weighted by Gasteiger charge is 2.16. The lowest BCUT2D eigenvalue weighted by Crippen LogP contribution is -2.20. The van der Waals surface area contributed by atoms with Gasteiger partial charge in [-0.1, -0.05) is 55.5 Å². The fraction of sp³-hybridized carbons (Fsp3) is 0.233. The van der Waals surface area contributed by atoms with Crippen LogP contribution in [0.2, 0.25) is 0 Å². The van der Waals surface area contributed by atoms with E-state index in [2.05, 4.69) is 18.6 Å². The molecular formula is C30H31N3O3. The first kappa shape index (κ1) is 24.9. The van der Waals surface area contributed by atoms with Crippen LogP contribution in [-0.2, 0) is 6.42 Å². The number of rotatable bonds is 10. The maximum absolute atomic E-state index is 13.4. The molecule has 6 heteroatoms. The number of allylic oxidation sites excluding steroid dienone is 1. The minimum atomic E-state index is -0.233. The molecule has 0 saturated carbocycles. The number of benzene rings is 3. The third kappa shape index (κ3) is 5.38. The quantitative estimate of drug-likeness (QED) is 0.198. The molecule has 0 N–H and O–H groups in total. The second-order valence-electron chi connectivity index (χ2n) is 8.45. The molecule has 0 amide bonds. The van der Waals surface area contributed by atoms with Crippen molar-refractivity contribution in [3.63, 3.8) is 0 Å². The maximum atomic E-state index is 13.4. The van der Waals surface area contributed by atoms with E-state index in [1.807, 2.05) is 80.6 Å². The van der Waals surface area contributed by atoms with E-state index >= 15 is 0 Å². The highest BCUT2D eigenvalue weighted by molar-refractivity contribution is 5.83. The Labute approximate surface area is 211 Å². The molecule has 4 aromatic rings. The van der Waals surface area contributed by atoms with Crippen molar-refractivity contribution in [2.24, 2.45) is 5.10 Å². The van der Waals surface area contributed by atoms with Gasteiger partial charge in [-0.2, -0.15) is 9.78 Å². The van der Waals surface area contributed by atoms with Gasteiger partial charge in [-0.05, 0) is 56.5 Å². The Bertz CT molecular complexity index is 1440. The second-order valence-corrected chi connectivity index (χ2v) is 8.45. The van der Waals surface area contributed by atoms with Gasteiger partial charge >= 0.3 is 0 Å². The van der Waals surface area contributed by atoms with Crippen LogP contribution in [0, 0.1) is 0 Å². The summed E-state index contributed by atoms with van der Waals surface area (Å²) in [5.41, 5.74) is 2.93. The maximum Gasteiger partial charge on any atom is 0.282 e. The fourth-order valence-corrected chi connectivity index (χ4v) is 3.88. The van der Waals surface area contributed by atoms with Gasteiger partial charge in [0.05, 0.1) is 29.8 Å². The van der Waals surface area contributed by atoms with Crippen LogP contribution in [0.1, 0.15) is 38.3 Å². The standard InChI is InChI=1S/C30H31N3O3/c1-5-13-24-18-22(19-27(35-7-3)28(24)36-21(4)6-2)20-31-33-29(23-14-9-8-10-15-23)32-26-17-12-11-16-25(26)30(33)34/h5,8-12,14-21H,1,6-7,13H2,2-4H3/t21-/m0/s1. The van der Waals surface area contributed by atoms with Gasteiger partial charge in [0.15, 0.2) is 17.3 Å². The highest BCUT2D eigenvalue weighted by Crippen LogP contribution is 2.35. The molecular weight excluding hydrogens is 450 g/mol. The molecule has 1 atom stereocenters. The lowest BCUT2D eigenvalue weighted by atomic mass is 10.1. The van der Waals surface area contributed by atoms with Gasteiger partial charge in [0.2, 0.25) is 0 Å². The molecule has 0 fully saturated rings. The molecule has 0 aliphatic rings. The van der Waals surface area contributed by atoms with Gasteiger partial charge in [0.25, 0.3) is 5.56 Å². The predicted molar refractivity (Wildman–Crippen MR) is 146 cm³/mol. The molecule has 1 heterocycles. The van der Waals surface area contributed by atoms with Gasteiger partial charge in [0, 0.05) is 11.1 Å². The predicted octanol–water partition coefficient (Wildman–Crippen LogP) is 6.25. The molecule has 184 valence electrons. The summed E-state index contributed by atoms with van der Waals surface area (Å²) in [6.45, 7) is 10.4. The Morgan fingerprint density at radius 1 is 1.08 bits per heavy atom. The lowest BCUT2D eigenvalue weighted by Gasteiger charge is -2.20. The summed E-state index contributed by atoms with van der Waals surface area (Å²) >= 11 is 0. The van der Waals surface area contributed by atoms with Crippen LogP contribution in [-0.4, -0.2) is 28.6 Å². The van der Waals surface area contributed by atoms with E-state index in [-0.39, 0.29) is 11.7 Å². The molecule has 0 spiro atoms. The SMILES string of the molecule is C=CCc1cc(C=Nn2c(-c3ccccc3)nc3ccccc3c2=O)cc(OCC)c1O[C@@H](C)CC. The summed E-state index contributed by atoms with van der Waals surface area (Å²) in [6.07, 6.45) is 5.03. The summed E-state index contributed by atoms with van der Waals surface area (Å²) in [5.74, 6) is 1.84. The Balaban J connectivity index is 1.86. The summed E-state index contributed by atoms with van der Waals surface area (Å²) < 4.78 is 13.5. The molecule has 6 nitrogen and oxygen atoms in total. The van der Waals surface area contributed by atoms with E-state index in [1.54, 1.807) is 12.3 Å². The van der Waals surface area contributed by atoms with Gasteiger partial charge < -0.3 is 9.47 Å². The molecule has 4 rings (SSSR count).